The minimum absolute atomic E-state index is 0.0144. The van der Waals surface area contributed by atoms with Crippen LogP contribution in [0.4, 0.5) is 5.82 Å². The van der Waals surface area contributed by atoms with Gasteiger partial charge in [0.1, 0.15) is 5.75 Å². The highest BCUT2D eigenvalue weighted by Crippen LogP contribution is 2.39. The molecule has 1 aromatic heterocycles. The monoisotopic (exact) mass is 417 g/mol. The Morgan fingerprint density at radius 1 is 1.07 bits per heavy atom. The summed E-state index contributed by atoms with van der Waals surface area (Å²) in [4.78, 5) is 2.22. The Hall–Kier alpha value is -2.23. The number of para-hydroxylation sites is 1. The Morgan fingerprint density at radius 3 is 2.34 bits per heavy atom. The van der Waals surface area contributed by atoms with Crippen LogP contribution in [0, 0.1) is 11.8 Å². The Balaban J connectivity index is 1.49. The first-order valence-electron chi connectivity index (χ1n) is 9.81. The molecule has 0 spiro atoms. The number of ether oxygens (including phenoxy) is 1. The van der Waals surface area contributed by atoms with Gasteiger partial charge in [0.15, 0.2) is 5.82 Å². The average molecular weight is 418 g/mol. The number of hydrogen-bond acceptors (Lipinski definition) is 6. The zero-order chi connectivity index (χ0) is 20.6. The van der Waals surface area contributed by atoms with Crippen molar-refractivity contribution in [3.8, 4) is 17.0 Å². The largest absolute Gasteiger partial charge is 0.496 e. The van der Waals surface area contributed by atoms with E-state index in [0.29, 0.717) is 0 Å². The van der Waals surface area contributed by atoms with E-state index in [1.165, 1.54) is 4.31 Å². The Bertz CT molecular complexity index is 950. The van der Waals surface area contributed by atoms with Crippen LogP contribution < -0.4 is 14.4 Å². The van der Waals surface area contributed by atoms with Crippen LogP contribution in [0.2, 0.25) is 0 Å². The summed E-state index contributed by atoms with van der Waals surface area (Å²) in [5.41, 5.74) is 1.67. The van der Waals surface area contributed by atoms with Crippen LogP contribution in [0.25, 0.3) is 11.3 Å². The molecule has 2 aromatic rings. The van der Waals surface area contributed by atoms with Crippen LogP contribution in [0.5, 0.6) is 5.75 Å². The Kier molecular flexibility index (Phi) is 5.46. The van der Waals surface area contributed by atoms with Gasteiger partial charge in [-0.2, -0.15) is 17.4 Å². The van der Waals surface area contributed by atoms with E-state index in [2.05, 4.69) is 19.8 Å². The number of fused-ring (bicyclic) bond motifs is 2. The second-order valence-corrected chi connectivity index (χ2v) is 9.83. The predicted octanol–water partition coefficient (Wildman–Crippen LogP) is 1.76. The molecular formula is C20H27N5O3S. The number of hydrogen-bond donors (Lipinski definition) is 1. The van der Waals surface area contributed by atoms with Gasteiger partial charge in [-0.05, 0) is 48.9 Å². The molecule has 4 rings (SSSR count). The maximum absolute atomic E-state index is 12.3. The van der Waals surface area contributed by atoms with Crippen LogP contribution in [0.15, 0.2) is 36.4 Å². The fourth-order valence-corrected chi connectivity index (χ4v) is 5.31. The molecule has 29 heavy (non-hydrogen) atoms. The summed E-state index contributed by atoms with van der Waals surface area (Å²) in [6.07, 6.45) is 2.04. The van der Waals surface area contributed by atoms with Crippen molar-refractivity contribution in [2.24, 2.45) is 11.8 Å². The van der Waals surface area contributed by atoms with Crippen molar-refractivity contribution in [2.45, 2.75) is 18.9 Å². The molecule has 1 saturated heterocycles. The number of anilines is 1. The van der Waals surface area contributed by atoms with Crippen LogP contribution in [0.3, 0.4) is 0 Å². The first-order valence-corrected chi connectivity index (χ1v) is 11.2. The predicted molar refractivity (Wildman–Crippen MR) is 112 cm³/mol. The maximum atomic E-state index is 12.3. The average Bonchev–Trinajstić information content (AvgIpc) is 2.94. The van der Waals surface area contributed by atoms with Crippen molar-refractivity contribution in [2.75, 3.05) is 39.2 Å². The summed E-state index contributed by atoms with van der Waals surface area (Å²) in [6, 6.07) is 11.7. The molecule has 8 nitrogen and oxygen atoms in total. The molecule has 1 saturated carbocycles. The van der Waals surface area contributed by atoms with Gasteiger partial charge in [0.05, 0.1) is 12.8 Å². The van der Waals surface area contributed by atoms with Gasteiger partial charge in [-0.25, -0.2) is 0 Å². The van der Waals surface area contributed by atoms with Crippen molar-refractivity contribution in [1.29, 1.82) is 0 Å². The molecule has 3 atom stereocenters. The van der Waals surface area contributed by atoms with Gasteiger partial charge in [0, 0.05) is 38.8 Å². The van der Waals surface area contributed by atoms with Crippen molar-refractivity contribution >= 4 is 16.0 Å². The van der Waals surface area contributed by atoms with Crippen molar-refractivity contribution in [3.63, 3.8) is 0 Å². The second kappa shape index (κ2) is 7.89. The number of piperidine rings is 1. The highest BCUT2D eigenvalue weighted by Gasteiger charge is 2.44. The Labute approximate surface area is 172 Å². The molecule has 2 heterocycles. The van der Waals surface area contributed by atoms with Gasteiger partial charge >= 0.3 is 0 Å². The van der Waals surface area contributed by atoms with Gasteiger partial charge in [0.2, 0.25) is 0 Å². The van der Waals surface area contributed by atoms with E-state index in [9.17, 15) is 8.42 Å². The summed E-state index contributed by atoms with van der Waals surface area (Å²) in [5.74, 6) is 2.15. The van der Waals surface area contributed by atoms with E-state index in [1.54, 1.807) is 21.2 Å². The van der Waals surface area contributed by atoms with Crippen LogP contribution in [-0.2, 0) is 10.2 Å². The second-order valence-electron chi connectivity index (χ2n) is 7.91. The molecule has 1 unspecified atom stereocenters. The summed E-state index contributed by atoms with van der Waals surface area (Å²) >= 11 is 0. The van der Waals surface area contributed by atoms with E-state index < -0.39 is 10.2 Å². The third-order valence-corrected chi connectivity index (χ3v) is 7.49. The van der Waals surface area contributed by atoms with Crippen LogP contribution in [0.1, 0.15) is 12.8 Å². The van der Waals surface area contributed by atoms with Crippen molar-refractivity contribution in [3.05, 3.63) is 36.4 Å². The normalized spacial score (nSPS) is 24.1. The molecule has 2 fully saturated rings. The fraction of sp³-hybridized carbons (Fsp3) is 0.500. The molecule has 2 bridgehead atoms. The zero-order valence-electron chi connectivity index (χ0n) is 16.9. The zero-order valence-corrected chi connectivity index (χ0v) is 17.8. The summed E-state index contributed by atoms with van der Waals surface area (Å²) < 4.78 is 34.1. The van der Waals surface area contributed by atoms with Gasteiger partial charge in [-0.3, -0.25) is 0 Å². The molecule has 1 aliphatic carbocycles. The van der Waals surface area contributed by atoms with E-state index >= 15 is 0 Å². The Morgan fingerprint density at radius 2 is 1.76 bits per heavy atom. The summed E-state index contributed by atoms with van der Waals surface area (Å²) in [6.45, 7) is 1.56. The molecular weight excluding hydrogens is 390 g/mol. The van der Waals surface area contributed by atoms with Crippen molar-refractivity contribution in [1.82, 2.24) is 19.2 Å². The fourth-order valence-electron chi connectivity index (χ4n) is 4.37. The number of aromatic nitrogens is 2. The van der Waals surface area contributed by atoms with Gasteiger partial charge in [-0.15, -0.1) is 10.2 Å². The van der Waals surface area contributed by atoms with E-state index in [-0.39, 0.29) is 17.9 Å². The molecule has 9 heteroatoms. The first-order chi connectivity index (χ1) is 13.9. The van der Waals surface area contributed by atoms with E-state index in [4.69, 9.17) is 4.74 Å². The number of benzene rings is 1. The molecule has 1 N–H and O–H groups in total. The van der Waals surface area contributed by atoms with Gasteiger partial charge in [-0.1, -0.05) is 12.1 Å². The van der Waals surface area contributed by atoms with Gasteiger partial charge < -0.3 is 9.64 Å². The minimum atomic E-state index is -3.42. The first kappa shape index (κ1) is 20.1. The van der Waals surface area contributed by atoms with Gasteiger partial charge in [0.25, 0.3) is 10.2 Å². The topological polar surface area (TPSA) is 87.7 Å². The quantitative estimate of drug-likeness (QED) is 0.771. The number of rotatable bonds is 6. The molecule has 1 aromatic carbocycles. The maximum Gasteiger partial charge on any atom is 0.279 e. The SMILES string of the molecule is COc1ccccc1-c1ccc(N2C[C@H]3CC[C@@H](C2)C3NS(=O)(=O)N(C)C)nn1. The lowest BCUT2D eigenvalue weighted by Crippen LogP contribution is -2.54. The standard InChI is InChI=1S/C20H27N5O3S/c1-24(2)29(26,27)23-20-14-8-9-15(20)13-25(12-14)19-11-10-17(21-22-19)16-6-4-5-7-18(16)28-3/h4-7,10-11,14-15,20,23H,8-9,12-13H2,1-3H3/t14-,15+,20?. The molecule has 156 valence electrons. The van der Waals surface area contributed by atoms with Crippen molar-refractivity contribution < 1.29 is 13.2 Å². The minimum Gasteiger partial charge on any atom is -0.496 e. The lowest BCUT2D eigenvalue weighted by Gasteiger charge is -2.38. The van der Waals surface area contributed by atoms with Crippen LogP contribution in [-0.4, -0.2) is 63.3 Å². The lowest BCUT2D eigenvalue weighted by atomic mass is 9.93. The molecule has 0 radical (unpaired) electrons. The number of nitrogens with zero attached hydrogens (tertiary/aromatic N) is 4. The smallest absolute Gasteiger partial charge is 0.279 e. The van der Waals surface area contributed by atoms with Crippen LogP contribution >= 0.6 is 0 Å². The molecule has 2 aliphatic rings. The lowest BCUT2D eigenvalue weighted by molar-refractivity contribution is 0.324. The highest BCUT2D eigenvalue weighted by molar-refractivity contribution is 7.87. The number of nitrogens with one attached hydrogen (secondary N) is 1. The summed E-state index contributed by atoms with van der Waals surface area (Å²) in [7, 11) is 1.33. The third-order valence-electron chi connectivity index (χ3n) is 5.96. The number of methoxy groups -OCH3 is 1. The third kappa shape index (κ3) is 3.94. The van der Waals surface area contributed by atoms with E-state index in [0.717, 1.165) is 48.8 Å². The summed E-state index contributed by atoms with van der Waals surface area (Å²) in [5, 5.41) is 8.87. The highest BCUT2D eigenvalue weighted by atomic mass is 32.2. The van der Waals surface area contributed by atoms with E-state index in [1.807, 2.05) is 36.4 Å². The molecule has 0 amide bonds. The molecule has 1 aliphatic heterocycles.